The van der Waals surface area contributed by atoms with E-state index in [2.05, 4.69) is 25.1 Å². The van der Waals surface area contributed by atoms with Crippen LogP contribution in [-0.2, 0) is 0 Å². The summed E-state index contributed by atoms with van der Waals surface area (Å²) in [6, 6.07) is 5.61. The number of fused-ring (bicyclic) bond motifs is 1. The zero-order valence-corrected chi connectivity index (χ0v) is 14.5. The van der Waals surface area contributed by atoms with E-state index in [-0.39, 0.29) is 11.5 Å². The van der Waals surface area contributed by atoms with Crippen molar-refractivity contribution >= 4 is 39.7 Å². The van der Waals surface area contributed by atoms with E-state index in [9.17, 15) is 5.26 Å². The van der Waals surface area contributed by atoms with Gasteiger partial charge >= 0.3 is 0 Å². The minimum atomic E-state index is 0.0652. The van der Waals surface area contributed by atoms with E-state index in [1.54, 1.807) is 12.3 Å². The molecule has 0 aliphatic rings. The Kier molecular flexibility index (Phi) is 3.60. The molecule has 4 rings (SSSR count). The van der Waals surface area contributed by atoms with Crippen LogP contribution >= 0.6 is 22.9 Å². The summed E-state index contributed by atoms with van der Waals surface area (Å²) in [5.41, 5.74) is 9.28. The molecule has 3 N–H and O–H groups in total. The number of halogens is 1. The molecule has 1 aromatic carbocycles. The largest absolute Gasteiger partial charge is 0.381 e. The minimum Gasteiger partial charge on any atom is -0.381 e. The number of nitrogen functional groups attached to an aromatic ring is 1. The summed E-state index contributed by atoms with van der Waals surface area (Å²) in [6.45, 7) is 1.90. The van der Waals surface area contributed by atoms with Crippen molar-refractivity contribution in [1.29, 1.82) is 5.26 Å². The van der Waals surface area contributed by atoms with Crippen LogP contribution in [0.2, 0.25) is 5.02 Å². The summed E-state index contributed by atoms with van der Waals surface area (Å²) in [5, 5.41) is 20.0. The van der Waals surface area contributed by atoms with E-state index in [1.165, 1.54) is 11.3 Å². The van der Waals surface area contributed by atoms with Crippen molar-refractivity contribution in [3.63, 3.8) is 0 Å². The summed E-state index contributed by atoms with van der Waals surface area (Å²) in [7, 11) is 0. The van der Waals surface area contributed by atoms with Crippen LogP contribution in [0.15, 0.2) is 23.7 Å². The third-order valence-corrected chi connectivity index (χ3v) is 4.89. The number of nitrogens with two attached hydrogens (primary N) is 1. The van der Waals surface area contributed by atoms with Gasteiger partial charge < -0.3 is 5.73 Å². The predicted octanol–water partition coefficient (Wildman–Crippen LogP) is 3.56. The topological polar surface area (TPSA) is 117 Å². The lowest BCUT2D eigenvalue weighted by molar-refractivity contribution is 1.12. The van der Waals surface area contributed by atoms with Gasteiger partial charge in [0.05, 0.1) is 16.7 Å². The van der Waals surface area contributed by atoms with Gasteiger partial charge in [-0.3, -0.25) is 5.10 Å². The van der Waals surface area contributed by atoms with Gasteiger partial charge in [-0.25, -0.2) is 15.0 Å². The van der Waals surface area contributed by atoms with E-state index >= 15 is 0 Å². The van der Waals surface area contributed by atoms with Crippen molar-refractivity contribution in [2.75, 3.05) is 5.73 Å². The average molecular weight is 368 g/mol. The van der Waals surface area contributed by atoms with Crippen LogP contribution in [-0.4, -0.2) is 25.1 Å². The number of nitrogens with one attached hydrogen (secondary N) is 1. The lowest BCUT2D eigenvalue weighted by atomic mass is 10.1. The van der Waals surface area contributed by atoms with Gasteiger partial charge in [0.2, 0.25) is 0 Å². The van der Waals surface area contributed by atoms with E-state index in [1.807, 2.05) is 24.4 Å². The lowest BCUT2D eigenvalue weighted by Gasteiger charge is -2.09. The standard InChI is InChI=1S/C16H10ClN7S/c1-7-6-25-16(21-7)14-13(22-11(4-18)15(19)23-14)8-2-9-5-20-24-12(9)10(17)3-8/h2-3,5-6H,1H3,(H2,19,23)(H,20,24). The molecule has 9 heteroatoms. The second kappa shape index (κ2) is 5.81. The van der Waals surface area contributed by atoms with Crippen molar-refractivity contribution < 1.29 is 0 Å². The van der Waals surface area contributed by atoms with Gasteiger partial charge in [0.15, 0.2) is 11.5 Å². The molecule has 0 spiro atoms. The molecule has 0 fully saturated rings. The highest BCUT2D eigenvalue weighted by Crippen LogP contribution is 2.35. The quantitative estimate of drug-likeness (QED) is 0.559. The Labute approximate surface area is 151 Å². The zero-order chi connectivity index (χ0) is 17.6. The average Bonchev–Trinajstić information content (AvgIpc) is 3.23. The number of aromatic amines is 1. The summed E-state index contributed by atoms with van der Waals surface area (Å²) < 4.78 is 0. The van der Waals surface area contributed by atoms with E-state index in [0.717, 1.165) is 16.6 Å². The third kappa shape index (κ3) is 2.59. The highest BCUT2D eigenvalue weighted by atomic mass is 35.5. The van der Waals surface area contributed by atoms with Crippen LogP contribution < -0.4 is 5.73 Å². The Balaban J connectivity index is 2.02. The Morgan fingerprint density at radius 3 is 2.80 bits per heavy atom. The molecule has 4 aromatic rings. The Morgan fingerprint density at radius 1 is 1.24 bits per heavy atom. The molecule has 7 nitrogen and oxygen atoms in total. The van der Waals surface area contributed by atoms with Gasteiger partial charge in [0.1, 0.15) is 22.5 Å². The van der Waals surface area contributed by atoms with Crippen LogP contribution in [0.3, 0.4) is 0 Å². The van der Waals surface area contributed by atoms with Crippen LogP contribution in [0.5, 0.6) is 0 Å². The molecular weight excluding hydrogens is 358 g/mol. The number of nitrogens with zero attached hydrogens (tertiary/aromatic N) is 5. The molecule has 0 unspecified atom stereocenters. The second-order valence-corrected chi connectivity index (χ2v) is 6.62. The number of nitriles is 1. The van der Waals surface area contributed by atoms with Gasteiger partial charge in [0.25, 0.3) is 0 Å². The monoisotopic (exact) mass is 367 g/mol. The van der Waals surface area contributed by atoms with Gasteiger partial charge in [-0.05, 0) is 19.1 Å². The van der Waals surface area contributed by atoms with Crippen molar-refractivity contribution in [1.82, 2.24) is 25.1 Å². The van der Waals surface area contributed by atoms with E-state index in [0.29, 0.717) is 27.0 Å². The van der Waals surface area contributed by atoms with E-state index < -0.39 is 0 Å². The summed E-state index contributed by atoms with van der Waals surface area (Å²) in [6.07, 6.45) is 1.67. The van der Waals surface area contributed by atoms with Gasteiger partial charge in [-0.2, -0.15) is 10.4 Å². The molecule has 122 valence electrons. The first-order valence-electron chi connectivity index (χ1n) is 7.20. The predicted molar refractivity (Wildman–Crippen MR) is 97.1 cm³/mol. The number of H-pyrrole nitrogens is 1. The number of hydrogen-bond donors (Lipinski definition) is 2. The third-order valence-electron chi connectivity index (χ3n) is 3.62. The van der Waals surface area contributed by atoms with E-state index in [4.69, 9.17) is 17.3 Å². The van der Waals surface area contributed by atoms with Gasteiger partial charge in [0, 0.05) is 22.0 Å². The van der Waals surface area contributed by atoms with Crippen LogP contribution in [0.25, 0.3) is 32.9 Å². The van der Waals surface area contributed by atoms with Crippen molar-refractivity contribution in [2.45, 2.75) is 6.92 Å². The Bertz CT molecular complexity index is 1160. The fourth-order valence-corrected chi connectivity index (χ4v) is 3.55. The first-order chi connectivity index (χ1) is 12.1. The summed E-state index contributed by atoms with van der Waals surface area (Å²) in [4.78, 5) is 13.2. The number of benzene rings is 1. The summed E-state index contributed by atoms with van der Waals surface area (Å²) in [5.74, 6) is 0.0737. The summed E-state index contributed by atoms with van der Waals surface area (Å²) >= 11 is 7.78. The van der Waals surface area contributed by atoms with Crippen molar-refractivity contribution in [3.8, 4) is 28.0 Å². The maximum absolute atomic E-state index is 9.26. The Hall–Kier alpha value is -3.02. The van der Waals surface area contributed by atoms with Gasteiger partial charge in [-0.1, -0.05) is 11.6 Å². The van der Waals surface area contributed by atoms with Crippen LogP contribution in [0.1, 0.15) is 11.4 Å². The molecule has 0 amide bonds. The molecule has 3 heterocycles. The number of aryl methyl sites for hydroxylation is 1. The minimum absolute atomic E-state index is 0.0652. The molecule has 25 heavy (non-hydrogen) atoms. The maximum Gasteiger partial charge on any atom is 0.183 e. The molecule has 0 atom stereocenters. The highest BCUT2D eigenvalue weighted by molar-refractivity contribution is 7.13. The fourth-order valence-electron chi connectivity index (χ4n) is 2.49. The van der Waals surface area contributed by atoms with Crippen molar-refractivity contribution in [3.05, 3.63) is 40.1 Å². The van der Waals surface area contributed by atoms with Crippen LogP contribution in [0.4, 0.5) is 5.82 Å². The number of hydrogen-bond acceptors (Lipinski definition) is 7. The molecule has 0 aliphatic carbocycles. The number of thiazole rings is 1. The molecule has 3 aromatic heterocycles. The number of rotatable bonds is 2. The highest BCUT2D eigenvalue weighted by Gasteiger charge is 2.19. The molecule has 0 bridgehead atoms. The number of aromatic nitrogens is 5. The Morgan fingerprint density at radius 2 is 2.08 bits per heavy atom. The van der Waals surface area contributed by atoms with Gasteiger partial charge in [-0.15, -0.1) is 11.3 Å². The normalized spacial score (nSPS) is 10.9. The first kappa shape index (κ1) is 15.5. The molecule has 0 aliphatic heterocycles. The van der Waals surface area contributed by atoms with Crippen LogP contribution in [0, 0.1) is 18.3 Å². The fraction of sp³-hybridized carbons (Fsp3) is 0.0625. The number of anilines is 1. The molecular formula is C16H10ClN7S. The first-order valence-corrected chi connectivity index (χ1v) is 8.45. The maximum atomic E-state index is 9.26. The SMILES string of the molecule is Cc1csc(-c2nc(N)c(C#N)nc2-c2cc(Cl)c3[nH]ncc3c2)n1. The lowest BCUT2D eigenvalue weighted by Crippen LogP contribution is -2.03. The van der Waals surface area contributed by atoms with Crippen molar-refractivity contribution in [2.24, 2.45) is 0 Å². The smallest absolute Gasteiger partial charge is 0.183 e. The molecule has 0 saturated heterocycles. The molecule has 0 radical (unpaired) electrons. The second-order valence-electron chi connectivity index (χ2n) is 5.35. The molecule has 0 saturated carbocycles. The zero-order valence-electron chi connectivity index (χ0n) is 12.9.